The molecule has 0 spiro atoms. The van der Waals surface area contributed by atoms with Gasteiger partial charge in [-0.3, -0.25) is 0 Å². The van der Waals surface area contributed by atoms with Crippen LogP contribution in [0.2, 0.25) is 0 Å². The Morgan fingerprint density at radius 2 is 2.00 bits per heavy atom. The van der Waals surface area contributed by atoms with Crippen LogP contribution in [0.25, 0.3) is 0 Å². The van der Waals surface area contributed by atoms with Crippen molar-refractivity contribution < 1.29 is 5.32 Å². The number of hydrogen-bond acceptors (Lipinski definition) is 0. The SMILES string of the molecule is CC(C)(C)[NH2+]Cc1cccc(Br)c1. The summed E-state index contributed by atoms with van der Waals surface area (Å²) in [6, 6.07) is 8.46. The minimum Gasteiger partial charge on any atom is -0.338 e. The van der Waals surface area contributed by atoms with Crippen LogP contribution in [-0.4, -0.2) is 5.54 Å². The van der Waals surface area contributed by atoms with Crippen LogP contribution in [-0.2, 0) is 6.54 Å². The second-order valence-corrected chi connectivity index (χ2v) is 5.32. The summed E-state index contributed by atoms with van der Waals surface area (Å²) < 4.78 is 1.16. The molecule has 2 heteroatoms. The molecule has 0 bridgehead atoms. The van der Waals surface area contributed by atoms with Gasteiger partial charge in [0.05, 0.1) is 5.54 Å². The van der Waals surface area contributed by atoms with Gasteiger partial charge in [0.1, 0.15) is 6.54 Å². The molecule has 0 radical (unpaired) electrons. The molecule has 0 atom stereocenters. The van der Waals surface area contributed by atoms with Gasteiger partial charge in [-0.05, 0) is 32.9 Å². The van der Waals surface area contributed by atoms with Gasteiger partial charge in [0.2, 0.25) is 0 Å². The lowest BCUT2D eigenvalue weighted by atomic mass is 10.1. The first-order valence-corrected chi connectivity index (χ1v) is 5.35. The van der Waals surface area contributed by atoms with E-state index in [9.17, 15) is 0 Å². The van der Waals surface area contributed by atoms with E-state index in [1.54, 1.807) is 0 Å². The third-order valence-corrected chi connectivity index (χ3v) is 2.33. The van der Waals surface area contributed by atoms with Crippen molar-refractivity contribution in [2.75, 3.05) is 0 Å². The highest BCUT2D eigenvalue weighted by atomic mass is 79.9. The van der Waals surface area contributed by atoms with E-state index in [1.807, 2.05) is 0 Å². The Labute approximate surface area is 88.7 Å². The molecule has 0 saturated carbocycles. The summed E-state index contributed by atoms with van der Waals surface area (Å²) in [6.45, 7) is 7.73. The summed E-state index contributed by atoms with van der Waals surface area (Å²) in [5.41, 5.74) is 1.67. The van der Waals surface area contributed by atoms with Crippen LogP contribution < -0.4 is 5.32 Å². The van der Waals surface area contributed by atoms with Gasteiger partial charge in [-0.2, -0.15) is 0 Å². The zero-order valence-electron chi connectivity index (χ0n) is 8.47. The summed E-state index contributed by atoms with van der Waals surface area (Å²) in [4.78, 5) is 0. The molecule has 0 amide bonds. The van der Waals surface area contributed by atoms with Crippen molar-refractivity contribution in [2.45, 2.75) is 32.9 Å². The maximum Gasteiger partial charge on any atom is 0.102 e. The molecule has 13 heavy (non-hydrogen) atoms. The summed E-state index contributed by atoms with van der Waals surface area (Å²) in [5.74, 6) is 0. The van der Waals surface area contributed by atoms with E-state index in [0.29, 0.717) is 5.54 Å². The van der Waals surface area contributed by atoms with E-state index in [-0.39, 0.29) is 0 Å². The molecule has 72 valence electrons. The van der Waals surface area contributed by atoms with Gasteiger partial charge in [0.25, 0.3) is 0 Å². The molecule has 1 nitrogen and oxygen atoms in total. The van der Waals surface area contributed by atoms with Gasteiger partial charge in [-0.25, -0.2) is 0 Å². The van der Waals surface area contributed by atoms with Gasteiger partial charge in [0.15, 0.2) is 0 Å². The fourth-order valence-electron chi connectivity index (χ4n) is 1.09. The molecule has 0 fully saturated rings. The van der Waals surface area contributed by atoms with E-state index >= 15 is 0 Å². The molecule has 0 unspecified atom stereocenters. The maximum absolute atomic E-state index is 3.47. The molecule has 1 aromatic carbocycles. The summed E-state index contributed by atoms with van der Waals surface area (Å²) in [5, 5.41) is 2.34. The van der Waals surface area contributed by atoms with Crippen LogP contribution in [0.3, 0.4) is 0 Å². The molecule has 0 aliphatic rings. The smallest absolute Gasteiger partial charge is 0.102 e. The Kier molecular flexibility index (Phi) is 3.51. The van der Waals surface area contributed by atoms with Crippen LogP contribution >= 0.6 is 15.9 Å². The Hall–Kier alpha value is -0.340. The zero-order valence-corrected chi connectivity index (χ0v) is 10.1. The zero-order chi connectivity index (χ0) is 9.90. The van der Waals surface area contributed by atoms with Crippen LogP contribution in [0.5, 0.6) is 0 Å². The van der Waals surface area contributed by atoms with Crippen molar-refractivity contribution in [1.29, 1.82) is 0 Å². The number of benzene rings is 1. The molecular weight excluding hydrogens is 226 g/mol. The largest absolute Gasteiger partial charge is 0.338 e. The predicted molar refractivity (Wildman–Crippen MR) is 59.5 cm³/mol. The fraction of sp³-hybridized carbons (Fsp3) is 0.455. The lowest BCUT2D eigenvalue weighted by Gasteiger charge is -2.16. The molecule has 1 rings (SSSR count). The van der Waals surface area contributed by atoms with Crippen molar-refractivity contribution in [3.8, 4) is 0 Å². The van der Waals surface area contributed by atoms with E-state index in [0.717, 1.165) is 11.0 Å². The number of nitrogens with two attached hydrogens (primary N) is 1. The van der Waals surface area contributed by atoms with Crippen molar-refractivity contribution in [3.63, 3.8) is 0 Å². The lowest BCUT2D eigenvalue weighted by Crippen LogP contribution is -2.92. The molecule has 0 aromatic heterocycles. The molecule has 0 aliphatic carbocycles. The van der Waals surface area contributed by atoms with Crippen LogP contribution in [0.1, 0.15) is 26.3 Å². The summed E-state index contributed by atoms with van der Waals surface area (Å²) >= 11 is 3.47. The number of rotatable bonds is 2. The van der Waals surface area contributed by atoms with Crippen LogP contribution in [0.15, 0.2) is 28.7 Å². The molecule has 0 aliphatic heterocycles. The molecule has 0 heterocycles. The Bertz CT molecular complexity index is 276. The van der Waals surface area contributed by atoms with Crippen molar-refractivity contribution >= 4 is 15.9 Å². The highest BCUT2D eigenvalue weighted by Gasteiger charge is 2.12. The topological polar surface area (TPSA) is 16.6 Å². The minimum absolute atomic E-state index is 0.308. The third-order valence-electron chi connectivity index (χ3n) is 1.84. The van der Waals surface area contributed by atoms with Crippen LogP contribution in [0, 0.1) is 0 Å². The fourth-order valence-corrected chi connectivity index (χ4v) is 1.53. The molecule has 1 aromatic rings. The van der Waals surface area contributed by atoms with Crippen molar-refractivity contribution in [2.24, 2.45) is 0 Å². The van der Waals surface area contributed by atoms with E-state index in [4.69, 9.17) is 0 Å². The first-order valence-electron chi connectivity index (χ1n) is 4.56. The van der Waals surface area contributed by atoms with Gasteiger partial charge >= 0.3 is 0 Å². The summed E-state index contributed by atoms with van der Waals surface area (Å²) in [6.07, 6.45) is 0. The number of quaternary nitrogens is 1. The molecule has 2 N–H and O–H groups in total. The third kappa shape index (κ3) is 4.44. The van der Waals surface area contributed by atoms with Gasteiger partial charge in [-0.1, -0.05) is 28.1 Å². The number of hydrogen-bond donors (Lipinski definition) is 1. The van der Waals surface area contributed by atoms with Crippen LogP contribution in [0.4, 0.5) is 0 Å². The highest BCUT2D eigenvalue weighted by Crippen LogP contribution is 2.10. The maximum atomic E-state index is 3.47. The Morgan fingerprint density at radius 1 is 1.31 bits per heavy atom. The van der Waals surface area contributed by atoms with E-state index < -0.39 is 0 Å². The van der Waals surface area contributed by atoms with Gasteiger partial charge in [0, 0.05) is 10.0 Å². The average molecular weight is 243 g/mol. The van der Waals surface area contributed by atoms with Crippen molar-refractivity contribution in [1.82, 2.24) is 0 Å². The van der Waals surface area contributed by atoms with Gasteiger partial charge < -0.3 is 5.32 Å². The quantitative estimate of drug-likeness (QED) is 0.820. The van der Waals surface area contributed by atoms with E-state index in [1.165, 1.54) is 5.56 Å². The van der Waals surface area contributed by atoms with E-state index in [2.05, 4.69) is 66.3 Å². The second-order valence-electron chi connectivity index (χ2n) is 4.40. The first-order chi connectivity index (χ1) is 5.97. The monoisotopic (exact) mass is 242 g/mol. The van der Waals surface area contributed by atoms with Crippen molar-refractivity contribution in [3.05, 3.63) is 34.3 Å². The molecular formula is C11H17BrN+. The highest BCUT2D eigenvalue weighted by molar-refractivity contribution is 9.10. The van der Waals surface area contributed by atoms with Gasteiger partial charge in [-0.15, -0.1) is 0 Å². The Morgan fingerprint density at radius 3 is 2.54 bits per heavy atom. The summed E-state index contributed by atoms with van der Waals surface area (Å²) in [7, 11) is 0. The standard InChI is InChI=1S/C11H16BrN/c1-11(2,3)13-8-9-5-4-6-10(12)7-9/h4-7,13H,8H2,1-3H3/p+1. The average Bonchev–Trinajstić information content (AvgIpc) is 2.00. The molecule has 0 saturated heterocycles. The predicted octanol–water partition coefficient (Wildman–Crippen LogP) is 2.31. The normalized spacial score (nSPS) is 11.7. The Balaban J connectivity index is 2.55. The minimum atomic E-state index is 0.308. The number of halogens is 1. The first kappa shape index (κ1) is 10.7. The lowest BCUT2D eigenvalue weighted by molar-refractivity contribution is -0.731. The second kappa shape index (κ2) is 4.25.